The van der Waals surface area contributed by atoms with Gasteiger partial charge in [-0.15, -0.1) is 0 Å². The van der Waals surface area contributed by atoms with E-state index in [9.17, 15) is 5.11 Å². The summed E-state index contributed by atoms with van der Waals surface area (Å²) in [6, 6.07) is 10.5. The van der Waals surface area contributed by atoms with Gasteiger partial charge < -0.3 is 15.3 Å². The Hall–Kier alpha value is -2.12. The number of likely N-dealkylation sites (tertiary alicyclic amines) is 1. The number of phenolic OH excluding ortho intramolecular Hbond substituents is 1. The second-order valence-electron chi connectivity index (χ2n) is 8.16. The Labute approximate surface area is 179 Å². The topological polar surface area (TPSA) is 65.7 Å². The van der Waals surface area contributed by atoms with Crippen molar-refractivity contribution in [3.63, 3.8) is 0 Å². The molecule has 2 aromatic heterocycles. The Bertz CT molecular complexity index is 1010. The smallest absolute Gasteiger partial charge is 0.172 e. The zero-order valence-electron chi connectivity index (χ0n) is 16.4. The lowest BCUT2D eigenvalue weighted by atomic mass is 10.0. The average Bonchev–Trinajstić information content (AvgIpc) is 3.40. The highest BCUT2D eigenvalue weighted by atomic mass is 79.9. The van der Waals surface area contributed by atoms with Crippen molar-refractivity contribution in [2.24, 2.45) is 0 Å². The number of para-hydroxylation sites is 1. The van der Waals surface area contributed by atoms with E-state index >= 15 is 0 Å². The Morgan fingerprint density at radius 1 is 1.07 bits per heavy atom. The van der Waals surface area contributed by atoms with Crippen LogP contribution in [-0.4, -0.2) is 49.8 Å². The molecule has 0 unspecified atom stereocenters. The van der Waals surface area contributed by atoms with Gasteiger partial charge in [0.2, 0.25) is 0 Å². The first kappa shape index (κ1) is 18.9. The van der Waals surface area contributed by atoms with Crippen molar-refractivity contribution in [3.05, 3.63) is 41.0 Å². The van der Waals surface area contributed by atoms with Crippen LogP contribution in [0.4, 0.5) is 5.82 Å². The summed E-state index contributed by atoms with van der Waals surface area (Å²) in [6.45, 7) is 2.32. The molecular formula is C22H26BrN5O. The van der Waals surface area contributed by atoms with Crippen LogP contribution in [0.2, 0.25) is 0 Å². The van der Waals surface area contributed by atoms with E-state index in [1.54, 1.807) is 12.3 Å². The summed E-state index contributed by atoms with van der Waals surface area (Å²) in [6.07, 6.45) is 9.55. The van der Waals surface area contributed by atoms with E-state index in [0.717, 1.165) is 59.2 Å². The number of hydrogen-bond acceptors (Lipinski definition) is 5. The maximum absolute atomic E-state index is 10.3. The Kier molecular flexibility index (Phi) is 5.18. The number of phenols is 1. The first-order valence-corrected chi connectivity index (χ1v) is 11.3. The molecule has 1 aromatic carbocycles. The molecular weight excluding hydrogens is 430 g/mol. The van der Waals surface area contributed by atoms with E-state index in [-0.39, 0.29) is 5.75 Å². The summed E-state index contributed by atoms with van der Waals surface area (Å²) in [4.78, 5) is 7.42. The summed E-state index contributed by atoms with van der Waals surface area (Å²) < 4.78 is 2.69. The molecule has 2 N–H and O–H groups in total. The molecule has 3 aromatic rings. The average molecular weight is 456 g/mol. The quantitative estimate of drug-likeness (QED) is 0.597. The Morgan fingerprint density at radius 2 is 1.83 bits per heavy atom. The third-order valence-corrected chi connectivity index (χ3v) is 6.89. The summed E-state index contributed by atoms with van der Waals surface area (Å²) >= 11 is 3.55. The van der Waals surface area contributed by atoms with Crippen molar-refractivity contribution < 1.29 is 5.11 Å². The van der Waals surface area contributed by atoms with Crippen molar-refractivity contribution in [2.75, 3.05) is 18.4 Å². The molecule has 1 saturated heterocycles. The lowest BCUT2D eigenvalue weighted by Gasteiger charge is -2.36. The van der Waals surface area contributed by atoms with Crippen molar-refractivity contribution in [1.82, 2.24) is 19.5 Å². The molecule has 29 heavy (non-hydrogen) atoms. The van der Waals surface area contributed by atoms with Crippen molar-refractivity contribution in [3.8, 4) is 17.0 Å². The fraction of sp³-hybridized carbons (Fsp3) is 0.455. The minimum Gasteiger partial charge on any atom is -0.507 e. The van der Waals surface area contributed by atoms with E-state index in [2.05, 4.69) is 31.2 Å². The molecule has 0 bridgehead atoms. The SMILES string of the molecule is Oc1ccccc1-c1cc(NC2CCN(C3CCCC3)CC2)n2ncc(Br)c2n1. The monoisotopic (exact) mass is 455 g/mol. The van der Waals surface area contributed by atoms with Crippen LogP contribution in [0.25, 0.3) is 16.9 Å². The van der Waals surface area contributed by atoms with Gasteiger partial charge in [0, 0.05) is 36.8 Å². The van der Waals surface area contributed by atoms with Gasteiger partial charge in [-0.25, -0.2) is 4.98 Å². The van der Waals surface area contributed by atoms with Crippen LogP contribution in [0.5, 0.6) is 5.75 Å². The largest absolute Gasteiger partial charge is 0.507 e. The lowest BCUT2D eigenvalue weighted by Crippen LogP contribution is -2.43. The Morgan fingerprint density at radius 3 is 2.59 bits per heavy atom. The van der Waals surface area contributed by atoms with Gasteiger partial charge in [-0.05, 0) is 53.7 Å². The molecule has 152 valence electrons. The first-order valence-electron chi connectivity index (χ1n) is 10.5. The molecule has 3 heterocycles. The van der Waals surface area contributed by atoms with Gasteiger partial charge in [-0.1, -0.05) is 25.0 Å². The standard InChI is InChI=1S/C22H26BrN5O/c23-18-14-24-28-21(13-19(26-22(18)28)17-7-3-4-8-20(17)29)25-15-9-11-27(12-10-15)16-5-1-2-6-16/h3-4,7-8,13-16,25,29H,1-2,5-6,9-12H2. The number of aromatic nitrogens is 3. The van der Waals surface area contributed by atoms with Crippen LogP contribution in [0.15, 0.2) is 41.0 Å². The van der Waals surface area contributed by atoms with Crippen LogP contribution >= 0.6 is 15.9 Å². The highest BCUT2D eigenvalue weighted by Gasteiger charge is 2.27. The number of fused-ring (bicyclic) bond motifs is 1. The van der Waals surface area contributed by atoms with Crippen LogP contribution in [0.1, 0.15) is 38.5 Å². The number of benzene rings is 1. The number of hydrogen-bond donors (Lipinski definition) is 2. The van der Waals surface area contributed by atoms with Crippen LogP contribution in [0.3, 0.4) is 0 Å². The molecule has 1 saturated carbocycles. The zero-order valence-corrected chi connectivity index (χ0v) is 18.0. The fourth-order valence-corrected chi connectivity index (χ4v) is 5.10. The van der Waals surface area contributed by atoms with E-state index in [1.165, 1.54) is 25.7 Å². The van der Waals surface area contributed by atoms with Gasteiger partial charge in [0.25, 0.3) is 0 Å². The van der Waals surface area contributed by atoms with Gasteiger partial charge >= 0.3 is 0 Å². The molecule has 2 aliphatic rings. The van der Waals surface area contributed by atoms with E-state index < -0.39 is 0 Å². The predicted molar refractivity (Wildman–Crippen MR) is 118 cm³/mol. The van der Waals surface area contributed by atoms with Gasteiger partial charge in [-0.2, -0.15) is 9.61 Å². The molecule has 6 nitrogen and oxygen atoms in total. The summed E-state index contributed by atoms with van der Waals surface area (Å²) in [5.41, 5.74) is 2.21. The highest BCUT2D eigenvalue weighted by molar-refractivity contribution is 9.10. The first-order chi connectivity index (χ1) is 14.2. The summed E-state index contributed by atoms with van der Waals surface area (Å²) in [5, 5.41) is 18.5. The van der Waals surface area contributed by atoms with Crippen LogP contribution in [-0.2, 0) is 0 Å². The molecule has 0 spiro atoms. The molecule has 7 heteroatoms. The maximum Gasteiger partial charge on any atom is 0.172 e. The van der Waals surface area contributed by atoms with Crippen LogP contribution in [0, 0.1) is 0 Å². The van der Waals surface area contributed by atoms with Crippen molar-refractivity contribution in [2.45, 2.75) is 50.6 Å². The molecule has 0 atom stereocenters. The lowest BCUT2D eigenvalue weighted by molar-refractivity contribution is 0.159. The molecule has 1 aliphatic carbocycles. The molecule has 1 aliphatic heterocycles. The number of halogens is 1. The second-order valence-corrected chi connectivity index (χ2v) is 9.02. The van der Waals surface area contributed by atoms with Gasteiger partial charge in [-0.3, -0.25) is 0 Å². The van der Waals surface area contributed by atoms with Gasteiger partial charge in [0.05, 0.1) is 16.4 Å². The Balaban J connectivity index is 1.40. The molecule has 5 rings (SSSR count). The van der Waals surface area contributed by atoms with Gasteiger partial charge in [0.15, 0.2) is 5.65 Å². The highest BCUT2D eigenvalue weighted by Crippen LogP contribution is 2.32. The van der Waals surface area contributed by atoms with Crippen molar-refractivity contribution in [1.29, 1.82) is 0 Å². The number of anilines is 1. The number of nitrogens with one attached hydrogen (secondary N) is 1. The minimum atomic E-state index is 0.232. The predicted octanol–water partition coefficient (Wildman–Crippen LogP) is 4.68. The zero-order chi connectivity index (χ0) is 19.8. The van der Waals surface area contributed by atoms with E-state index in [1.807, 2.05) is 28.8 Å². The number of piperidine rings is 1. The minimum absolute atomic E-state index is 0.232. The van der Waals surface area contributed by atoms with E-state index in [0.29, 0.717) is 6.04 Å². The third kappa shape index (κ3) is 3.73. The molecule has 0 amide bonds. The van der Waals surface area contributed by atoms with Crippen molar-refractivity contribution >= 4 is 27.4 Å². The van der Waals surface area contributed by atoms with E-state index in [4.69, 9.17) is 4.98 Å². The third-order valence-electron chi connectivity index (χ3n) is 6.33. The second kappa shape index (κ2) is 7.95. The number of aromatic hydroxyl groups is 1. The summed E-state index contributed by atoms with van der Waals surface area (Å²) in [7, 11) is 0. The number of rotatable bonds is 4. The normalized spacial score (nSPS) is 19.2. The molecule has 2 fully saturated rings. The van der Waals surface area contributed by atoms with Crippen LogP contribution < -0.4 is 5.32 Å². The summed E-state index contributed by atoms with van der Waals surface area (Å²) in [5.74, 6) is 1.15. The molecule has 0 radical (unpaired) electrons. The number of nitrogens with zero attached hydrogens (tertiary/aromatic N) is 4. The van der Waals surface area contributed by atoms with Gasteiger partial charge in [0.1, 0.15) is 11.6 Å². The maximum atomic E-state index is 10.3. The fourth-order valence-electron chi connectivity index (χ4n) is 4.75.